The van der Waals surface area contributed by atoms with Gasteiger partial charge >= 0.3 is 0 Å². The van der Waals surface area contributed by atoms with Crippen LogP contribution in [0.5, 0.6) is 11.6 Å². The fourth-order valence-corrected chi connectivity index (χ4v) is 3.96. The maximum absolute atomic E-state index is 13.6. The molecule has 0 aliphatic carbocycles. The second kappa shape index (κ2) is 8.74. The van der Waals surface area contributed by atoms with E-state index in [9.17, 15) is 9.50 Å². The molecule has 164 valence electrons. The lowest BCUT2D eigenvalue weighted by Crippen LogP contribution is -2.00. The van der Waals surface area contributed by atoms with Crippen molar-refractivity contribution in [3.05, 3.63) is 113 Å². The minimum atomic E-state index is -0.378. The summed E-state index contributed by atoms with van der Waals surface area (Å²) in [6, 6.07) is 24.2. The highest BCUT2D eigenvalue weighted by Crippen LogP contribution is 2.30. The van der Waals surface area contributed by atoms with Crippen molar-refractivity contribution in [1.82, 2.24) is 14.4 Å². The summed E-state index contributed by atoms with van der Waals surface area (Å²) < 4.78 is 20.6. The van der Waals surface area contributed by atoms with Gasteiger partial charge in [0.05, 0.1) is 18.5 Å². The second-order valence-corrected chi connectivity index (χ2v) is 7.81. The van der Waals surface area contributed by atoms with Crippen LogP contribution in [0.4, 0.5) is 4.39 Å². The summed E-state index contributed by atoms with van der Waals surface area (Å²) in [5.41, 5.74) is 5.35. The number of aromatic hydroxyl groups is 1. The summed E-state index contributed by atoms with van der Waals surface area (Å²) in [6.45, 7) is 0. The molecule has 0 unspecified atom stereocenters. The molecule has 33 heavy (non-hydrogen) atoms. The van der Waals surface area contributed by atoms with Gasteiger partial charge in [0.25, 0.3) is 0 Å². The van der Waals surface area contributed by atoms with Gasteiger partial charge in [-0.05, 0) is 11.6 Å². The van der Waals surface area contributed by atoms with E-state index in [-0.39, 0.29) is 11.7 Å². The first-order valence-electron chi connectivity index (χ1n) is 10.6. The molecule has 0 fully saturated rings. The number of hydrogen-bond acceptors (Lipinski definition) is 4. The van der Waals surface area contributed by atoms with Gasteiger partial charge in [-0.15, -0.1) is 0 Å². The fraction of sp³-hybridized carbons (Fsp3) is 0.111. The summed E-state index contributed by atoms with van der Waals surface area (Å²) in [5.74, 6) is 0.0704. The Labute approximate surface area is 190 Å². The molecule has 0 aliphatic heterocycles. The van der Waals surface area contributed by atoms with Crippen LogP contribution < -0.4 is 4.74 Å². The number of imidazole rings is 1. The summed E-state index contributed by atoms with van der Waals surface area (Å²) in [4.78, 5) is 9.64. The summed E-state index contributed by atoms with van der Waals surface area (Å²) >= 11 is 0. The molecule has 2 aromatic heterocycles. The van der Waals surface area contributed by atoms with E-state index in [0.717, 1.165) is 28.1 Å². The molecule has 0 atom stereocenters. The minimum Gasteiger partial charge on any atom is -0.496 e. The van der Waals surface area contributed by atoms with Crippen LogP contribution in [0.25, 0.3) is 16.9 Å². The van der Waals surface area contributed by atoms with Crippen LogP contribution in [-0.4, -0.2) is 26.6 Å². The molecule has 0 aliphatic rings. The molecule has 5 rings (SSSR count). The van der Waals surface area contributed by atoms with Crippen LogP contribution in [-0.2, 0) is 12.8 Å². The zero-order chi connectivity index (χ0) is 22.8. The lowest BCUT2D eigenvalue weighted by molar-refractivity contribution is 0.406. The highest BCUT2D eigenvalue weighted by atomic mass is 19.1. The average molecular weight is 439 g/mol. The fourth-order valence-electron chi connectivity index (χ4n) is 3.96. The normalized spacial score (nSPS) is 11.1. The van der Waals surface area contributed by atoms with Crippen molar-refractivity contribution in [2.45, 2.75) is 12.8 Å². The third-order valence-corrected chi connectivity index (χ3v) is 5.61. The smallest absolute Gasteiger partial charge is 0.219 e. The van der Waals surface area contributed by atoms with Crippen LogP contribution in [0.2, 0.25) is 0 Å². The Balaban J connectivity index is 1.64. The number of rotatable bonds is 6. The van der Waals surface area contributed by atoms with Gasteiger partial charge in [-0.3, -0.25) is 4.40 Å². The minimum absolute atomic E-state index is 0.0327. The number of hydrogen-bond donors (Lipinski definition) is 1. The zero-order valence-corrected chi connectivity index (χ0v) is 18.1. The third-order valence-electron chi connectivity index (χ3n) is 5.61. The Morgan fingerprint density at radius 1 is 0.879 bits per heavy atom. The van der Waals surface area contributed by atoms with E-state index in [1.807, 2.05) is 60.7 Å². The Hall–Kier alpha value is -4.19. The van der Waals surface area contributed by atoms with E-state index < -0.39 is 0 Å². The molecule has 0 amide bonds. The largest absolute Gasteiger partial charge is 0.496 e. The predicted molar refractivity (Wildman–Crippen MR) is 125 cm³/mol. The topological polar surface area (TPSA) is 59.7 Å². The van der Waals surface area contributed by atoms with Gasteiger partial charge in [0.2, 0.25) is 5.88 Å². The van der Waals surface area contributed by atoms with Crippen molar-refractivity contribution < 1.29 is 14.2 Å². The van der Waals surface area contributed by atoms with Crippen molar-refractivity contribution in [2.75, 3.05) is 7.11 Å². The average Bonchev–Trinajstić information content (AvgIpc) is 3.17. The van der Waals surface area contributed by atoms with Gasteiger partial charge in [-0.2, -0.15) is 0 Å². The van der Waals surface area contributed by atoms with Gasteiger partial charge < -0.3 is 9.84 Å². The number of ether oxygens (including phenoxy) is 1. The molecular weight excluding hydrogens is 417 g/mol. The Kier molecular flexibility index (Phi) is 5.48. The highest BCUT2D eigenvalue weighted by Gasteiger charge is 2.19. The Morgan fingerprint density at radius 3 is 2.33 bits per heavy atom. The van der Waals surface area contributed by atoms with Crippen LogP contribution in [0.1, 0.15) is 22.5 Å². The van der Waals surface area contributed by atoms with E-state index in [2.05, 4.69) is 0 Å². The van der Waals surface area contributed by atoms with E-state index in [1.54, 1.807) is 16.7 Å². The van der Waals surface area contributed by atoms with Crippen LogP contribution in [0.3, 0.4) is 0 Å². The van der Waals surface area contributed by atoms with E-state index in [1.165, 1.54) is 19.2 Å². The summed E-state index contributed by atoms with van der Waals surface area (Å²) in [7, 11) is 1.50. The van der Waals surface area contributed by atoms with Gasteiger partial charge in [-0.25, -0.2) is 14.4 Å². The highest BCUT2D eigenvalue weighted by molar-refractivity contribution is 5.63. The molecule has 1 N–H and O–H groups in total. The van der Waals surface area contributed by atoms with Crippen molar-refractivity contribution in [3.8, 4) is 22.9 Å². The number of aromatic nitrogens is 3. The quantitative estimate of drug-likeness (QED) is 0.383. The first kappa shape index (κ1) is 20.7. The Bertz CT molecular complexity index is 1420. The molecule has 0 saturated heterocycles. The van der Waals surface area contributed by atoms with Crippen LogP contribution >= 0.6 is 0 Å². The molecule has 0 bridgehead atoms. The van der Waals surface area contributed by atoms with Crippen molar-refractivity contribution in [1.29, 1.82) is 0 Å². The summed E-state index contributed by atoms with van der Waals surface area (Å²) in [6.07, 6.45) is 2.66. The Morgan fingerprint density at radius 2 is 1.61 bits per heavy atom. The predicted octanol–water partition coefficient (Wildman–Crippen LogP) is 5.43. The van der Waals surface area contributed by atoms with E-state index in [0.29, 0.717) is 29.9 Å². The van der Waals surface area contributed by atoms with E-state index >= 15 is 0 Å². The van der Waals surface area contributed by atoms with Crippen LogP contribution in [0, 0.1) is 5.82 Å². The van der Waals surface area contributed by atoms with Crippen LogP contribution in [0.15, 0.2) is 85.1 Å². The maximum atomic E-state index is 13.6. The second-order valence-electron chi connectivity index (χ2n) is 7.81. The molecule has 0 saturated carbocycles. The van der Waals surface area contributed by atoms with Gasteiger partial charge in [0, 0.05) is 36.2 Å². The lowest BCUT2D eigenvalue weighted by Gasteiger charge is -2.08. The molecule has 2 heterocycles. The standard InChI is InChI=1S/C27H22FN3O2/c1-33-25-16-21(28)13-12-20(25)15-23-27(32)31-17-24(19-10-6-3-7-11-19)29-22(26(31)30-23)14-18-8-4-2-5-9-18/h2-13,16-17,32H,14-15H2,1H3. The van der Waals surface area contributed by atoms with Gasteiger partial charge in [0.1, 0.15) is 17.3 Å². The molecule has 6 heteroatoms. The SMILES string of the molecule is COc1cc(F)ccc1Cc1nc2c(Cc3ccccc3)nc(-c3ccccc3)cn2c1O. The van der Waals surface area contributed by atoms with Gasteiger partial charge in [0.15, 0.2) is 5.65 Å². The number of benzene rings is 3. The van der Waals surface area contributed by atoms with Crippen molar-refractivity contribution >= 4 is 5.65 Å². The summed E-state index contributed by atoms with van der Waals surface area (Å²) in [5, 5.41) is 11.1. The first-order chi connectivity index (χ1) is 16.1. The molecule has 3 aromatic carbocycles. The number of methoxy groups -OCH3 is 1. The molecular formula is C27H22FN3O2. The first-order valence-corrected chi connectivity index (χ1v) is 10.6. The monoisotopic (exact) mass is 439 g/mol. The lowest BCUT2D eigenvalue weighted by atomic mass is 10.1. The third kappa shape index (κ3) is 4.15. The molecule has 5 nitrogen and oxygen atoms in total. The number of nitrogens with zero attached hydrogens (tertiary/aromatic N) is 3. The maximum Gasteiger partial charge on any atom is 0.219 e. The zero-order valence-electron chi connectivity index (χ0n) is 18.1. The number of halogens is 1. The molecule has 0 spiro atoms. The van der Waals surface area contributed by atoms with Crippen molar-refractivity contribution in [3.63, 3.8) is 0 Å². The number of fused-ring (bicyclic) bond motifs is 1. The van der Waals surface area contributed by atoms with E-state index in [4.69, 9.17) is 14.7 Å². The van der Waals surface area contributed by atoms with Crippen molar-refractivity contribution in [2.24, 2.45) is 0 Å². The molecule has 5 aromatic rings. The molecule has 0 radical (unpaired) electrons. The van der Waals surface area contributed by atoms with Gasteiger partial charge in [-0.1, -0.05) is 66.7 Å².